The maximum absolute atomic E-state index is 7.10. The number of hydrogen-bond acceptors (Lipinski definition) is 3. The topological polar surface area (TPSA) is 27.7 Å². The largest absolute Gasteiger partial charge is 0.407 e. The Morgan fingerprint density at radius 3 is 2.13 bits per heavy atom. The highest BCUT2D eigenvalue weighted by atomic mass is 28.4. The van der Waals surface area contributed by atoms with Crippen molar-refractivity contribution < 1.29 is 13.9 Å². The average molecular weight is 533 g/mol. The van der Waals surface area contributed by atoms with E-state index in [1.807, 2.05) is 19.9 Å². The summed E-state index contributed by atoms with van der Waals surface area (Å²) < 4.78 is 19.0. The minimum atomic E-state index is -2.49. The molecule has 0 saturated carbocycles. The van der Waals surface area contributed by atoms with Gasteiger partial charge in [0.15, 0.2) is 6.29 Å². The van der Waals surface area contributed by atoms with Crippen molar-refractivity contribution in [1.82, 2.24) is 0 Å². The van der Waals surface area contributed by atoms with Gasteiger partial charge in [-0.15, -0.1) is 0 Å². The molecule has 0 fully saturated rings. The Labute approximate surface area is 232 Å². The third-order valence-electron chi connectivity index (χ3n) is 7.12. The van der Waals surface area contributed by atoms with Crippen LogP contribution in [0.3, 0.4) is 0 Å². The van der Waals surface area contributed by atoms with Crippen LogP contribution in [0.15, 0.2) is 96.6 Å². The zero-order valence-electron chi connectivity index (χ0n) is 24.5. The van der Waals surface area contributed by atoms with Crippen molar-refractivity contribution in [2.75, 3.05) is 6.61 Å². The number of rotatable bonds is 12. The van der Waals surface area contributed by atoms with E-state index >= 15 is 0 Å². The van der Waals surface area contributed by atoms with Crippen molar-refractivity contribution in [3.05, 3.63) is 96.6 Å². The molecular formula is C34H48O3Si. The second-order valence-electron chi connectivity index (χ2n) is 11.6. The summed E-state index contributed by atoms with van der Waals surface area (Å²) in [7, 11) is -2.49. The molecule has 0 saturated heterocycles. The van der Waals surface area contributed by atoms with E-state index in [1.165, 1.54) is 15.9 Å². The van der Waals surface area contributed by atoms with Gasteiger partial charge in [0, 0.05) is 6.61 Å². The Balaban J connectivity index is 1.70. The Bertz CT molecular complexity index is 1010. The fourth-order valence-corrected chi connectivity index (χ4v) is 9.78. The SMILES string of the molecule is CCC(=C/[C@H](C)CCO[Si](c1ccccc1)(c1ccccc1)C(C)(C)C)/C=C/[C@H]1CC=C[C@H](OC(C)C)O1. The van der Waals surface area contributed by atoms with Crippen molar-refractivity contribution in [2.45, 2.75) is 91.3 Å². The standard InChI is InChI=1S/C34H48O3Si/c1-8-29(22-23-30-16-15-21-33(37-30)36-27(2)3)26-28(4)24-25-35-38(34(5,6)7,31-17-11-9-12-18-31)32-19-13-10-14-20-32/h9-15,17-23,26-28,30,33H,8,16,24-25H2,1-7H3/b23-22+,29-26-/t28-,30-,33-/m1/s1. The maximum Gasteiger partial charge on any atom is 0.261 e. The van der Waals surface area contributed by atoms with Gasteiger partial charge in [-0.1, -0.05) is 125 Å². The van der Waals surface area contributed by atoms with Crippen LogP contribution in [0, 0.1) is 5.92 Å². The molecule has 1 aliphatic rings. The van der Waals surface area contributed by atoms with Crippen LogP contribution in [0.4, 0.5) is 0 Å². The van der Waals surface area contributed by atoms with E-state index in [4.69, 9.17) is 13.9 Å². The van der Waals surface area contributed by atoms with E-state index in [0.29, 0.717) is 5.92 Å². The highest BCUT2D eigenvalue weighted by Crippen LogP contribution is 2.37. The lowest BCUT2D eigenvalue weighted by Gasteiger charge is -2.43. The monoisotopic (exact) mass is 532 g/mol. The van der Waals surface area contributed by atoms with Crippen LogP contribution in [0.5, 0.6) is 0 Å². The van der Waals surface area contributed by atoms with Crippen molar-refractivity contribution in [3.8, 4) is 0 Å². The Morgan fingerprint density at radius 2 is 1.61 bits per heavy atom. The van der Waals surface area contributed by atoms with Crippen LogP contribution in [0.1, 0.15) is 67.7 Å². The van der Waals surface area contributed by atoms with Gasteiger partial charge in [-0.25, -0.2) is 0 Å². The predicted octanol–water partition coefficient (Wildman–Crippen LogP) is 7.58. The minimum Gasteiger partial charge on any atom is -0.407 e. The molecule has 38 heavy (non-hydrogen) atoms. The van der Waals surface area contributed by atoms with E-state index < -0.39 is 8.32 Å². The molecule has 2 aromatic rings. The molecule has 0 spiro atoms. The first-order valence-corrected chi connectivity index (χ1v) is 16.2. The number of allylic oxidation sites excluding steroid dienone is 3. The lowest BCUT2D eigenvalue weighted by atomic mass is 10.0. The summed E-state index contributed by atoms with van der Waals surface area (Å²) in [5.74, 6) is 0.414. The molecule has 3 nitrogen and oxygen atoms in total. The Kier molecular flexibility index (Phi) is 11.3. The highest BCUT2D eigenvalue weighted by Gasteiger charge is 2.49. The zero-order valence-corrected chi connectivity index (χ0v) is 25.5. The summed E-state index contributed by atoms with van der Waals surface area (Å²) in [4.78, 5) is 0. The van der Waals surface area contributed by atoms with Crippen molar-refractivity contribution >= 4 is 18.7 Å². The Morgan fingerprint density at radius 1 is 1.00 bits per heavy atom. The van der Waals surface area contributed by atoms with Gasteiger partial charge >= 0.3 is 0 Å². The Hall–Kier alpha value is -2.24. The second kappa shape index (κ2) is 14.2. The van der Waals surface area contributed by atoms with Gasteiger partial charge in [0.05, 0.1) is 12.2 Å². The van der Waals surface area contributed by atoms with Gasteiger partial charge in [0.25, 0.3) is 8.32 Å². The van der Waals surface area contributed by atoms with E-state index in [2.05, 4.69) is 120 Å². The fourth-order valence-electron chi connectivity index (χ4n) is 5.20. The second-order valence-corrected chi connectivity index (χ2v) is 15.9. The third kappa shape index (κ3) is 8.13. The van der Waals surface area contributed by atoms with Crippen molar-refractivity contribution in [3.63, 3.8) is 0 Å². The molecule has 3 atom stereocenters. The molecule has 3 rings (SSSR count). The molecule has 1 aliphatic heterocycles. The van der Waals surface area contributed by atoms with E-state index in [-0.39, 0.29) is 23.5 Å². The van der Waals surface area contributed by atoms with Gasteiger partial charge < -0.3 is 13.9 Å². The lowest BCUT2D eigenvalue weighted by Crippen LogP contribution is -2.66. The summed E-state index contributed by atoms with van der Waals surface area (Å²) in [5.41, 5.74) is 1.34. The smallest absolute Gasteiger partial charge is 0.261 e. The van der Waals surface area contributed by atoms with Crippen LogP contribution in [-0.2, 0) is 13.9 Å². The molecule has 0 N–H and O–H groups in total. The molecule has 206 valence electrons. The summed E-state index contributed by atoms with van der Waals surface area (Å²) in [6, 6.07) is 21.8. The van der Waals surface area contributed by atoms with Gasteiger partial charge in [-0.2, -0.15) is 0 Å². The molecule has 0 aromatic heterocycles. The summed E-state index contributed by atoms with van der Waals surface area (Å²) >= 11 is 0. The average Bonchev–Trinajstić information content (AvgIpc) is 2.89. The molecule has 0 unspecified atom stereocenters. The molecule has 0 aliphatic carbocycles. The van der Waals surface area contributed by atoms with Crippen LogP contribution < -0.4 is 10.4 Å². The number of hydrogen-bond donors (Lipinski definition) is 0. The molecule has 1 heterocycles. The molecule has 0 amide bonds. The summed E-state index contributed by atoms with van der Waals surface area (Å²) in [5, 5.41) is 2.67. The van der Waals surface area contributed by atoms with Crippen LogP contribution in [0.2, 0.25) is 5.04 Å². The molecular weight excluding hydrogens is 484 g/mol. The highest BCUT2D eigenvalue weighted by molar-refractivity contribution is 6.99. The van der Waals surface area contributed by atoms with Gasteiger partial charge in [0.1, 0.15) is 0 Å². The van der Waals surface area contributed by atoms with Crippen LogP contribution in [0.25, 0.3) is 0 Å². The normalized spacial score (nSPS) is 19.8. The third-order valence-corrected chi connectivity index (χ3v) is 12.2. The summed E-state index contributed by atoms with van der Waals surface area (Å²) in [6.07, 6.45) is 13.8. The maximum atomic E-state index is 7.10. The molecule has 2 aromatic carbocycles. The van der Waals surface area contributed by atoms with Gasteiger partial charge in [0.2, 0.25) is 0 Å². The van der Waals surface area contributed by atoms with Gasteiger partial charge in [-0.05, 0) is 60.5 Å². The number of ether oxygens (including phenoxy) is 2. The first kappa shape index (κ1) is 30.3. The molecule has 0 radical (unpaired) electrons. The van der Waals surface area contributed by atoms with Crippen LogP contribution in [-0.4, -0.2) is 33.4 Å². The van der Waals surface area contributed by atoms with Crippen molar-refractivity contribution in [1.29, 1.82) is 0 Å². The van der Waals surface area contributed by atoms with E-state index in [0.717, 1.165) is 25.9 Å². The fraction of sp³-hybridized carbons (Fsp3) is 0.471. The molecule has 0 bridgehead atoms. The van der Waals surface area contributed by atoms with E-state index in [1.54, 1.807) is 0 Å². The summed E-state index contributed by atoms with van der Waals surface area (Å²) in [6.45, 7) is 16.3. The lowest BCUT2D eigenvalue weighted by molar-refractivity contribution is -0.154. The first-order chi connectivity index (χ1) is 18.2. The van der Waals surface area contributed by atoms with Crippen LogP contribution >= 0.6 is 0 Å². The quantitative estimate of drug-likeness (QED) is 0.160. The number of benzene rings is 2. The van der Waals surface area contributed by atoms with E-state index in [9.17, 15) is 0 Å². The minimum absolute atomic E-state index is 0.00230. The first-order valence-electron chi connectivity index (χ1n) is 14.3. The van der Waals surface area contributed by atoms with Gasteiger partial charge in [-0.3, -0.25) is 0 Å². The predicted molar refractivity (Wildman–Crippen MR) is 164 cm³/mol. The van der Waals surface area contributed by atoms with Crippen molar-refractivity contribution in [2.24, 2.45) is 5.92 Å². The zero-order chi connectivity index (χ0) is 27.6. The molecule has 4 heteroatoms.